The number of alkyl halides is 3. The molecule has 0 aromatic carbocycles. The van der Waals surface area contributed by atoms with Crippen LogP contribution in [-0.4, -0.2) is 4.98 Å². The zero-order chi connectivity index (χ0) is 10.7. The van der Waals surface area contributed by atoms with Crippen molar-refractivity contribution in [3.63, 3.8) is 0 Å². The van der Waals surface area contributed by atoms with E-state index in [-0.39, 0.29) is 11.4 Å². The van der Waals surface area contributed by atoms with Crippen LogP contribution in [0.2, 0.25) is 0 Å². The van der Waals surface area contributed by atoms with Gasteiger partial charge in [0.25, 0.3) is 6.43 Å². The monoisotopic (exact) mass is 216 g/mol. The van der Waals surface area contributed by atoms with Crippen molar-refractivity contribution in [2.75, 3.05) is 0 Å². The van der Waals surface area contributed by atoms with Gasteiger partial charge in [-0.1, -0.05) is 0 Å². The standard InChI is InChI=1S/C9H7ClF2N2/c1-5-6(2-10)4-14-8(9(11)12)7(5)3-13/h4,9H,2H2,1H3. The lowest BCUT2D eigenvalue weighted by molar-refractivity contribution is 0.145. The Balaban J connectivity index is 3.38. The Morgan fingerprint density at radius 1 is 1.64 bits per heavy atom. The molecule has 2 nitrogen and oxygen atoms in total. The Morgan fingerprint density at radius 3 is 2.71 bits per heavy atom. The zero-order valence-electron chi connectivity index (χ0n) is 7.39. The van der Waals surface area contributed by atoms with Crippen LogP contribution in [0.3, 0.4) is 0 Å². The van der Waals surface area contributed by atoms with Gasteiger partial charge in [-0.15, -0.1) is 11.6 Å². The summed E-state index contributed by atoms with van der Waals surface area (Å²) in [6.07, 6.45) is -1.45. The lowest BCUT2D eigenvalue weighted by Crippen LogP contribution is -2.01. The summed E-state index contributed by atoms with van der Waals surface area (Å²) in [6.45, 7) is 1.59. The van der Waals surface area contributed by atoms with Crippen LogP contribution in [0.25, 0.3) is 0 Å². The van der Waals surface area contributed by atoms with Gasteiger partial charge in [0.2, 0.25) is 0 Å². The zero-order valence-corrected chi connectivity index (χ0v) is 8.15. The highest BCUT2D eigenvalue weighted by molar-refractivity contribution is 6.17. The first-order valence-electron chi connectivity index (χ1n) is 3.84. The predicted octanol–water partition coefficient (Wildman–Crippen LogP) is 2.94. The SMILES string of the molecule is Cc1c(CCl)cnc(C(F)F)c1C#N. The maximum Gasteiger partial charge on any atom is 0.281 e. The van der Waals surface area contributed by atoms with Gasteiger partial charge in [-0.3, -0.25) is 4.98 Å². The highest BCUT2D eigenvalue weighted by Gasteiger charge is 2.18. The van der Waals surface area contributed by atoms with Gasteiger partial charge in [-0.2, -0.15) is 5.26 Å². The third-order valence-electron chi connectivity index (χ3n) is 1.93. The first kappa shape index (κ1) is 10.9. The summed E-state index contributed by atoms with van der Waals surface area (Å²) in [5, 5.41) is 8.70. The first-order valence-corrected chi connectivity index (χ1v) is 4.37. The molecule has 74 valence electrons. The second kappa shape index (κ2) is 4.34. The number of pyridine rings is 1. The number of nitriles is 1. The second-order valence-electron chi connectivity index (χ2n) is 2.71. The molecule has 5 heteroatoms. The van der Waals surface area contributed by atoms with E-state index in [0.29, 0.717) is 11.1 Å². The van der Waals surface area contributed by atoms with Crippen molar-refractivity contribution in [2.45, 2.75) is 19.2 Å². The average molecular weight is 217 g/mol. The summed E-state index contributed by atoms with van der Waals surface area (Å²) in [7, 11) is 0. The lowest BCUT2D eigenvalue weighted by atomic mass is 10.0. The topological polar surface area (TPSA) is 36.7 Å². The summed E-state index contributed by atoms with van der Waals surface area (Å²) in [4.78, 5) is 3.52. The largest absolute Gasteiger partial charge is 0.281 e. The first-order chi connectivity index (χ1) is 6.61. The van der Waals surface area contributed by atoms with Crippen LogP contribution in [0.15, 0.2) is 6.20 Å². The van der Waals surface area contributed by atoms with Crippen molar-refractivity contribution in [1.82, 2.24) is 4.98 Å². The molecule has 0 amide bonds. The van der Waals surface area contributed by atoms with E-state index in [9.17, 15) is 8.78 Å². The lowest BCUT2D eigenvalue weighted by Gasteiger charge is -2.07. The molecule has 0 aliphatic rings. The van der Waals surface area contributed by atoms with E-state index in [0.717, 1.165) is 0 Å². The number of halogens is 3. The molecule has 0 unspecified atom stereocenters. The van der Waals surface area contributed by atoms with Crippen molar-refractivity contribution < 1.29 is 8.78 Å². The summed E-state index contributed by atoms with van der Waals surface area (Å²) in [5.41, 5.74) is 0.539. The van der Waals surface area contributed by atoms with Crippen LogP contribution in [0, 0.1) is 18.3 Å². The molecule has 0 bridgehead atoms. The van der Waals surface area contributed by atoms with Gasteiger partial charge in [0.15, 0.2) is 0 Å². The predicted molar refractivity (Wildman–Crippen MR) is 48.2 cm³/mol. The summed E-state index contributed by atoms with van der Waals surface area (Å²) in [5.74, 6) is 0.164. The van der Waals surface area contributed by atoms with Crippen molar-refractivity contribution in [2.24, 2.45) is 0 Å². The second-order valence-corrected chi connectivity index (χ2v) is 2.98. The van der Waals surface area contributed by atoms with Crippen LogP contribution in [0.4, 0.5) is 8.78 Å². The van der Waals surface area contributed by atoms with Crippen LogP contribution in [0.5, 0.6) is 0 Å². The number of rotatable bonds is 2. The average Bonchev–Trinajstić information content (AvgIpc) is 2.17. The molecule has 0 aliphatic heterocycles. The molecule has 0 fully saturated rings. The smallest absolute Gasteiger partial charge is 0.254 e. The van der Waals surface area contributed by atoms with E-state index >= 15 is 0 Å². The molecule has 1 aromatic heterocycles. The Bertz CT molecular complexity index is 385. The fraction of sp³-hybridized carbons (Fsp3) is 0.333. The van der Waals surface area contributed by atoms with E-state index in [2.05, 4.69) is 4.98 Å². The molecule has 0 atom stereocenters. The Labute approximate surface area is 85.1 Å². The number of aromatic nitrogens is 1. The third-order valence-corrected chi connectivity index (χ3v) is 2.22. The van der Waals surface area contributed by atoms with Gasteiger partial charge in [0.05, 0.1) is 5.56 Å². The Morgan fingerprint density at radius 2 is 2.29 bits per heavy atom. The van der Waals surface area contributed by atoms with Gasteiger partial charge in [0.1, 0.15) is 11.8 Å². The molecule has 1 heterocycles. The number of hydrogen-bond donors (Lipinski definition) is 0. The van der Waals surface area contributed by atoms with E-state index in [1.54, 1.807) is 13.0 Å². The van der Waals surface area contributed by atoms with Crippen LogP contribution in [-0.2, 0) is 5.88 Å². The van der Waals surface area contributed by atoms with Crippen LogP contribution in [0.1, 0.15) is 28.8 Å². The van der Waals surface area contributed by atoms with Crippen molar-refractivity contribution in [1.29, 1.82) is 5.26 Å². The van der Waals surface area contributed by atoms with Gasteiger partial charge < -0.3 is 0 Å². The Kier molecular flexibility index (Phi) is 3.37. The van der Waals surface area contributed by atoms with Crippen molar-refractivity contribution in [3.05, 3.63) is 28.6 Å². The number of nitrogens with zero attached hydrogens (tertiary/aromatic N) is 2. The minimum Gasteiger partial charge on any atom is -0.254 e. The highest BCUT2D eigenvalue weighted by atomic mass is 35.5. The van der Waals surface area contributed by atoms with E-state index < -0.39 is 12.1 Å². The normalized spacial score (nSPS) is 10.3. The van der Waals surface area contributed by atoms with Crippen molar-refractivity contribution in [3.8, 4) is 6.07 Å². The molecule has 14 heavy (non-hydrogen) atoms. The summed E-state index contributed by atoms with van der Waals surface area (Å²) >= 11 is 5.56. The molecular weight excluding hydrogens is 210 g/mol. The third kappa shape index (κ3) is 1.83. The minimum absolute atomic E-state index is 0.0712. The highest BCUT2D eigenvalue weighted by Crippen LogP contribution is 2.24. The van der Waals surface area contributed by atoms with Gasteiger partial charge in [-0.05, 0) is 18.1 Å². The van der Waals surface area contributed by atoms with Gasteiger partial charge >= 0.3 is 0 Å². The molecule has 0 saturated heterocycles. The van der Waals surface area contributed by atoms with Crippen LogP contribution < -0.4 is 0 Å². The fourth-order valence-electron chi connectivity index (χ4n) is 1.10. The van der Waals surface area contributed by atoms with E-state index in [4.69, 9.17) is 16.9 Å². The fourth-order valence-corrected chi connectivity index (χ4v) is 1.37. The molecule has 0 N–H and O–H groups in total. The molecule has 0 radical (unpaired) electrons. The molecule has 0 saturated carbocycles. The van der Waals surface area contributed by atoms with Gasteiger partial charge in [0, 0.05) is 12.1 Å². The van der Waals surface area contributed by atoms with E-state index in [1.807, 2.05) is 0 Å². The minimum atomic E-state index is -2.73. The summed E-state index contributed by atoms with van der Waals surface area (Å²) in [6, 6.07) is 1.72. The van der Waals surface area contributed by atoms with Crippen molar-refractivity contribution >= 4 is 11.6 Å². The molecule has 1 rings (SSSR count). The summed E-state index contributed by atoms with van der Waals surface area (Å²) < 4.78 is 24.8. The molecule has 1 aromatic rings. The van der Waals surface area contributed by atoms with Gasteiger partial charge in [-0.25, -0.2) is 8.78 Å². The van der Waals surface area contributed by atoms with Crippen LogP contribution >= 0.6 is 11.6 Å². The maximum atomic E-state index is 12.4. The molecular formula is C9H7ClF2N2. The Hall–Kier alpha value is -1.21. The van der Waals surface area contributed by atoms with E-state index in [1.165, 1.54) is 6.20 Å². The maximum absolute atomic E-state index is 12.4. The quantitative estimate of drug-likeness (QED) is 0.713. The molecule has 0 spiro atoms. The number of hydrogen-bond acceptors (Lipinski definition) is 2. The molecule has 0 aliphatic carbocycles.